The highest BCUT2D eigenvalue weighted by atomic mass is 16.5. The molecule has 2 aliphatic carbocycles. The molecule has 2 bridgehead atoms. The van der Waals surface area contributed by atoms with E-state index in [1.54, 1.807) is 7.11 Å². The molecule has 2 aliphatic heterocycles. The molecule has 186 valence electrons. The summed E-state index contributed by atoms with van der Waals surface area (Å²) in [7, 11) is 1.77. The van der Waals surface area contributed by atoms with Gasteiger partial charge in [0.05, 0.1) is 19.1 Å². The number of amides is 1. The van der Waals surface area contributed by atoms with E-state index in [4.69, 9.17) is 4.74 Å². The predicted octanol–water partition coefficient (Wildman–Crippen LogP) is 4.70. The molecule has 0 saturated carbocycles. The molecule has 0 aromatic heterocycles. The number of fused-ring (bicyclic) bond motifs is 2. The number of rotatable bonds is 9. The number of nitrogens with zero attached hydrogens (tertiary/aromatic N) is 3. The number of allylic oxidation sites excluding steroid dienone is 3. The van der Waals surface area contributed by atoms with Crippen molar-refractivity contribution in [3.05, 3.63) is 59.9 Å². The van der Waals surface area contributed by atoms with E-state index in [9.17, 15) is 4.79 Å². The van der Waals surface area contributed by atoms with Gasteiger partial charge in [0.25, 0.3) is 0 Å². The summed E-state index contributed by atoms with van der Waals surface area (Å²) >= 11 is 0. The van der Waals surface area contributed by atoms with Crippen LogP contribution in [0.1, 0.15) is 52.4 Å². The number of carbonyl (C=O) groups is 1. The van der Waals surface area contributed by atoms with Crippen LogP contribution in [0.25, 0.3) is 0 Å². The first-order chi connectivity index (χ1) is 16.6. The van der Waals surface area contributed by atoms with Gasteiger partial charge in [-0.1, -0.05) is 24.3 Å². The van der Waals surface area contributed by atoms with Gasteiger partial charge < -0.3 is 9.64 Å². The maximum absolute atomic E-state index is 13.0. The molecule has 0 aromatic rings. The number of hydrogen-bond donors (Lipinski definition) is 0. The second-order valence-electron chi connectivity index (χ2n) is 10.1. The third-order valence-electron chi connectivity index (χ3n) is 8.14. The molecule has 0 aromatic carbocycles. The lowest BCUT2D eigenvalue weighted by atomic mass is 9.84. The molecule has 2 fully saturated rings. The molecule has 4 aliphatic rings. The molecule has 5 nitrogen and oxygen atoms in total. The van der Waals surface area contributed by atoms with E-state index in [-0.39, 0.29) is 17.9 Å². The Morgan fingerprint density at radius 2 is 2.03 bits per heavy atom. The van der Waals surface area contributed by atoms with Crippen molar-refractivity contribution in [3.63, 3.8) is 0 Å². The molecule has 4 atom stereocenters. The molecular formula is C29H43N3O2. The minimum Gasteiger partial charge on any atom is -0.497 e. The van der Waals surface area contributed by atoms with Crippen molar-refractivity contribution < 1.29 is 9.53 Å². The normalized spacial score (nSPS) is 28.4. The molecule has 2 heterocycles. The Balaban J connectivity index is 1.62. The second-order valence-corrected chi connectivity index (χ2v) is 10.1. The molecule has 34 heavy (non-hydrogen) atoms. The highest BCUT2D eigenvalue weighted by molar-refractivity contribution is 5.81. The van der Waals surface area contributed by atoms with Crippen LogP contribution in [0, 0.1) is 5.92 Å². The monoisotopic (exact) mass is 465 g/mol. The van der Waals surface area contributed by atoms with Gasteiger partial charge in [-0.2, -0.15) is 0 Å². The Hall–Kier alpha value is -2.11. The van der Waals surface area contributed by atoms with Crippen LogP contribution in [0.15, 0.2) is 59.9 Å². The van der Waals surface area contributed by atoms with Crippen molar-refractivity contribution in [3.8, 4) is 0 Å². The van der Waals surface area contributed by atoms with Gasteiger partial charge >= 0.3 is 0 Å². The van der Waals surface area contributed by atoms with Gasteiger partial charge in [-0.3, -0.25) is 14.6 Å². The summed E-state index contributed by atoms with van der Waals surface area (Å²) in [6, 6.07) is 1.42. The number of ether oxygens (including phenoxy) is 1. The highest BCUT2D eigenvalue weighted by Gasteiger charge is 2.43. The second kappa shape index (κ2) is 11.5. The summed E-state index contributed by atoms with van der Waals surface area (Å²) in [6.45, 7) is 12.9. The predicted molar refractivity (Wildman–Crippen MR) is 139 cm³/mol. The van der Waals surface area contributed by atoms with Gasteiger partial charge in [0.2, 0.25) is 5.91 Å². The minimum atomic E-state index is -0.0389. The fourth-order valence-electron chi connectivity index (χ4n) is 6.37. The number of hydrogen-bond acceptors (Lipinski definition) is 4. The lowest BCUT2D eigenvalue weighted by Crippen LogP contribution is -2.47. The molecule has 1 amide bonds. The van der Waals surface area contributed by atoms with Crippen LogP contribution < -0.4 is 0 Å². The van der Waals surface area contributed by atoms with Gasteiger partial charge in [-0.25, -0.2) is 0 Å². The summed E-state index contributed by atoms with van der Waals surface area (Å²) in [5.74, 6) is 1.20. The summed E-state index contributed by atoms with van der Waals surface area (Å²) in [5, 5.41) is 0. The van der Waals surface area contributed by atoms with E-state index >= 15 is 0 Å². The first kappa shape index (κ1) is 25.0. The fourth-order valence-corrected chi connectivity index (χ4v) is 6.37. The molecule has 5 heteroatoms. The number of likely N-dealkylation sites (tertiary alicyclic amines) is 1. The molecule has 0 N–H and O–H groups in total. The van der Waals surface area contributed by atoms with E-state index in [1.807, 2.05) is 11.0 Å². The van der Waals surface area contributed by atoms with E-state index in [2.05, 4.69) is 60.6 Å². The van der Waals surface area contributed by atoms with E-state index in [1.165, 1.54) is 30.4 Å². The topological polar surface area (TPSA) is 36.0 Å². The van der Waals surface area contributed by atoms with Crippen LogP contribution in [0.5, 0.6) is 0 Å². The van der Waals surface area contributed by atoms with Crippen LogP contribution in [-0.2, 0) is 9.53 Å². The van der Waals surface area contributed by atoms with Gasteiger partial charge in [0.15, 0.2) is 0 Å². The summed E-state index contributed by atoms with van der Waals surface area (Å²) in [5.41, 5.74) is 2.82. The standard InChI is InChI=1S/C29H43N3O2/c1-5-18-30-19-17-25-15-16-26(21-30)32(25)28(24-9-8-10-27(20-24)34-4)22-11-13-23(14-12-22)29(33)31(6-2)7-3/h5,10-13,20,23,25-26,28H,1,6-9,14-19,21H2,2-4H3. The SMILES string of the molecule is C=CCN1CCC2CCC(C1)N2C(C1=CCC(C(=O)N(CC)CC)C=C1)C1=CC(OC)=CCC1. The Morgan fingerprint density at radius 3 is 2.71 bits per heavy atom. The largest absolute Gasteiger partial charge is 0.497 e. The van der Waals surface area contributed by atoms with Gasteiger partial charge in [0, 0.05) is 44.8 Å². The minimum absolute atomic E-state index is 0.0389. The first-order valence-corrected chi connectivity index (χ1v) is 13.3. The zero-order chi connectivity index (χ0) is 24.1. The van der Waals surface area contributed by atoms with Crippen LogP contribution in [0.3, 0.4) is 0 Å². The maximum atomic E-state index is 13.0. The summed E-state index contributed by atoms with van der Waals surface area (Å²) < 4.78 is 5.65. The van der Waals surface area contributed by atoms with E-state index < -0.39 is 0 Å². The zero-order valence-corrected chi connectivity index (χ0v) is 21.4. The molecular weight excluding hydrogens is 422 g/mol. The Kier molecular flexibility index (Phi) is 8.49. The van der Waals surface area contributed by atoms with Crippen molar-refractivity contribution in [1.29, 1.82) is 0 Å². The van der Waals surface area contributed by atoms with Crippen molar-refractivity contribution in [2.75, 3.05) is 39.8 Å². The van der Waals surface area contributed by atoms with Crippen LogP contribution in [-0.4, -0.2) is 78.6 Å². The van der Waals surface area contributed by atoms with Crippen molar-refractivity contribution in [2.45, 2.75) is 70.5 Å². The first-order valence-electron chi connectivity index (χ1n) is 13.3. The summed E-state index contributed by atoms with van der Waals surface area (Å²) in [4.78, 5) is 20.3. The van der Waals surface area contributed by atoms with Crippen molar-refractivity contribution in [1.82, 2.24) is 14.7 Å². The van der Waals surface area contributed by atoms with Gasteiger partial charge in [0.1, 0.15) is 5.76 Å². The smallest absolute Gasteiger partial charge is 0.229 e. The molecule has 0 spiro atoms. The average Bonchev–Trinajstić information content (AvgIpc) is 3.16. The lowest BCUT2D eigenvalue weighted by molar-refractivity contribution is -0.133. The molecule has 0 radical (unpaired) electrons. The Bertz CT molecular complexity index is 867. The van der Waals surface area contributed by atoms with Crippen LogP contribution in [0.2, 0.25) is 0 Å². The van der Waals surface area contributed by atoms with E-state index in [0.29, 0.717) is 12.1 Å². The maximum Gasteiger partial charge on any atom is 0.229 e. The Labute approximate surface area is 206 Å². The quantitative estimate of drug-likeness (QED) is 0.463. The fraction of sp³-hybridized carbons (Fsp3) is 0.621. The lowest BCUT2D eigenvalue weighted by Gasteiger charge is -2.40. The molecule has 4 rings (SSSR count). The third kappa shape index (κ3) is 5.26. The van der Waals surface area contributed by atoms with E-state index in [0.717, 1.165) is 57.7 Å². The summed E-state index contributed by atoms with van der Waals surface area (Å²) in [6.07, 6.45) is 19.9. The van der Waals surface area contributed by atoms with Crippen molar-refractivity contribution in [2.24, 2.45) is 5.92 Å². The molecule has 2 saturated heterocycles. The van der Waals surface area contributed by atoms with Gasteiger partial charge in [-0.15, -0.1) is 6.58 Å². The highest BCUT2D eigenvalue weighted by Crippen LogP contribution is 2.40. The molecule has 4 unspecified atom stereocenters. The van der Waals surface area contributed by atoms with Crippen LogP contribution in [0.4, 0.5) is 0 Å². The Morgan fingerprint density at radius 1 is 1.24 bits per heavy atom. The zero-order valence-electron chi connectivity index (χ0n) is 21.4. The number of carbonyl (C=O) groups excluding carboxylic acids is 1. The van der Waals surface area contributed by atoms with Crippen molar-refractivity contribution >= 4 is 5.91 Å². The average molecular weight is 466 g/mol. The van der Waals surface area contributed by atoms with Crippen LogP contribution >= 0.6 is 0 Å². The van der Waals surface area contributed by atoms with Gasteiger partial charge in [-0.05, 0) is 75.7 Å². The number of methoxy groups -OCH3 is 1. The third-order valence-corrected chi connectivity index (χ3v) is 8.14.